The molecule has 0 aromatic carbocycles. The van der Waals surface area contributed by atoms with E-state index in [1.165, 1.54) is 0 Å². The molecule has 28 heavy (non-hydrogen) atoms. The van der Waals surface area contributed by atoms with Crippen molar-refractivity contribution in [3.05, 3.63) is 36.4 Å². The number of halogens is 3. The number of piperidine rings is 1. The molecule has 1 aliphatic rings. The maximum Gasteiger partial charge on any atom is 0.434 e. The lowest BCUT2D eigenvalue weighted by Crippen LogP contribution is -2.53. The number of anilines is 2. The predicted molar refractivity (Wildman–Crippen MR) is 98.3 cm³/mol. The van der Waals surface area contributed by atoms with Crippen molar-refractivity contribution in [2.45, 2.75) is 51.6 Å². The first-order valence-corrected chi connectivity index (χ1v) is 8.75. The van der Waals surface area contributed by atoms with E-state index in [1.54, 1.807) is 6.20 Å². The van der Waals surface area contributed by atoms with Gasteiger partial charge in [-0.25, -0.2) is 4.98 Å². The van der Waals surface area contributed by atoms with E-state index in [4.69, 9.17) is 5.73 Å². The van der Waals surface area contributed by atoms with E-state index in [0.717, 1.165) is 12.0 Å². The van der Waals surface area contributed by atoms with Crippen LogP contribution in [-0.4, -0.2) is 55.2 Å². The van der Waals surface area contributed by atoms with E-state index >= 15 is 0 Å². The molecule has 0 amide bonds. The molecule has 0 bridgehead atoms. The fraction of sp³-hybridized carbons (Fsp3) is 0.529. The van der Waals surface area contributed by atoms with Crippen LogP contribution in [0.1, 0.15) is 32.9 Å². The fourth-order valence-corrected chi connectivity index (χ4v) is 2.44. The Morgan fingerprint density at radius 2 is 1.89 bits per heavy atom. The van der Waals surface area contributed by atoms with Crippen LogP contribution in [0.4, 0.5) is 24.8 Å². The van der Waals surface area contributed by atoms with Crippen molar-refractivity contribution in [3.63, 3.8) is 0 Å². The summed E-state index contributed by atoms with van der Waals surface area (Å²) in [7, 11) is 0. The summed E-state index contributed by atoms with van der Waals surface area (Å²) < 4.78 is 35.4. The number of rotatable bonds is 1. The van der Waals surface area contributed by atoms with E-state index in [9.17, 15) is 23.4 Å². The van der Waals surface area contributed by atoms with Gasteiger partial charge in [0.05, 0.1) is 30.6 Å². The zero-order valence-electron chi connectivity index (χ0n) is 15.9. The van der Waals surface area contributed by atoms with Gasteiger partial charge in [0.1, 0.15) is 5.82 Å². The molecule has 3 rings (SSSR count). The maximum atomic E-state index is 11.8. The van der Waals surface area contributed by atoms with Gasteiger partial charge in [-0.05, 0) is 25.5 Å². The minimum atomic E-state index is -4.47. The van der Waals surface area contributed by atoms with Gasteiger partial charge < -0.3 is 20.8 Å². The molecule has 156 valence electrons. The van der Waals surface area contributed by atoms with Crippen molar-refractivity contribution in [2.24, 2.45) is 0 Å². The van der Waals surface area contributed by atoms with Gasteiger partial charge in [0, 0.05) is 12.7 Å². The Bertz CT molecular complexity index is 705. The minimum Gasteiger partial charge on any atom is -0.390 e. The van der Waals surface area contributed by atoms with Crippen molar-refractivity contribution >= 4 is 11.6 Å². The molecular formula is C17H25F3N6O2. The second-order valence-electron chi connectivity index (χ2n) is 5.69. The van der Waals surface area contributed by atoms with Crippen LogP contribution in [0.5, 0.6) is 0 Å². The van der Waals surface area contributed by atoms with Gasteiger partial charge >= 0.3 is 6.18 Å². The summed E-state index contributed by atoms with van der Waals surface area (Å²) in [6.07, 6.45) is -1.98. The van der Waals surface area contributed by atoms with E-state index in [2.05, 4.69) is 20.2 Å². The van der Waals surface area contributed by atoms with Crippen molar-refractivity contribution in [3.8, 4) is 0 Å². The third-order valence-corrected chi connectivity index (χ3v) is 3.84. The van der Waals surface area contributed by atoms with Crippen molar-refractivity contribution in [1.29, 1.82) is 0 Å². The van der Waals surface area contributed by atoms with Crippen LogP contribution in [0.25, 0.3) is 0 Å². The summed E-state index contributed by atoms with van der Waals surface area (Å²) in [5.41, 5.74) is 3.91. The fourth-order valence-electron chi connectivity index (χ4n) is 2.44. The van der Waals surface area contributed by atoms with Crippen LogP contribution in [0, 0.1) is 0 Å². The average Bonchev–Trinajstić information content (AvgIpc) is 2.68. The highest BCUT2D eigenvalue weighted by molar-refractivity contribution is 5.39. The van der Waals surface area contributed by atoms with Crippen molar-refractivity contribution < 1.29 is 23.4 Å². The zero-order chi connectivity index (χ0) is 21.3. The average molecular weight is 402 g/mol. The molecule has 3 heterocycles. The minimum absolute atomic E-state index is 0.134. The second-order valence-corrected chi connectivity index (χ2v) is 5.69. The van der Waals surface area contributed by atoms with Crippen LogP contribution in [0.3, 0.4) is 0 Å². The molecule has 0 saturated carbocycles. The Hall–Kier alpha value is -2.53. The van der Waals surface area contributed by atoms with Gasteiger partial charge in [0.25, 0.3) is 0 Å². The molecule has 3 atom stereocenters. The molecule has 4 N–H and O–H groups in total. The lowest BCUT2D eigenvalue weighted by Gasteiger charge is -2.40. The first-order chi connectivity index (χ1) is 13.2. The second kappa shape index (κ2) is 10.7. The molecule has 2 aromatic heterocycles. The summed E-state index contributed by atoms with van der Waals surface area (Å²) in [4.78, 5) is 8.24. The number of nitrogens with two attached hydrogens (primary N) is 1. The first kappa shape index (κ1) is 23.5. The summed E-state index contributed by atoms with van der Waals surface area (Å²) >= 11 is 0. The number of aliphatic hydroxyl groups is 2. The van der Waals surface area contributed by atoms with Crippen LogP contribution in [-0.2, 0) is 6.18 Å². The number of aromatic nitrogens is 4. The zero-order valence-corrected chi connectivity index (χ0v) is 15.9. The van der Waals surface area contributed by atoms with Gasteiger partial charge in [-0.1, -0.05) is 13.8 Å². The number of nitrogen functional groups attached to an aromatic ring is 1. The predicted octanol–water partition coefficient (Wildman–Crippen LogP) is 1.90. The lowest BCUT2D eigenvalue weighted by atomic mass is 9.97. The highest BCUT2D eigenvalue weighted by Gasteiger charge is 2.34. The lowest BCUT2D eigenvalue weighted by molar-refractivity contribution is -0.141. The Morgan fingerprint density at radius 3 is 2.39 bits per heavy atom. The number of nitrogens with zero attached hydrogens (tertiary/aromatic N) is 5. The Balaban J connectivity index is 0.000000268. The highest BCUT2D eigenvalue weighted by Crippen LogP contribution is 2.27. The number of alkyl halides is 3. The topological polar surface area (TPSA) is 121 Å². The van der Waals surface area contributed by atoms with Gasteiger partial charge in [0.2, 0.25) is 0 Å². The van der Waals surface area contributed by atoms with Crippen LogP contribution >= 0.6 is 0 Å². The smallest absolute Gasteiger partial charge is 0.390 e. The third-order valence-electron chi connectivity index (χ3n) is 3.84. The molecule has 8 nitrogen and oxygen atoms in total. The van der Waals surface area contributed by atoms with Gasteiger partial charge in [-0.15, -0.1) is 5.10 Å². The molecule has 0 radical (unpaired) electrons. The molecule has 0 spiro atoms. The summed E-state index contributed by atoms with van der Waals surface area (Å²) in [5, 5.41) is 27.0. The van der Waals surface area contributed by atoms with E-state index in [0.29, 0.717) is 19.2 Å². The largest absolute Gasteiger partial charge is 0.434 e. The molecule has 0 aliphatic carbocycles. The Kier molecular flexibility index (Phi) is 9.00. The van der Waals surface area contributed by atoms with Crippen LogP contribution in [0.15, 0.2) is 30.7 Å². The molecule has 1 saturated heterocycles. The SMILES string of the molecule is CC.CC1C(O)C(O)CCN1c1cccnn1.Nc1cncc(C(F)(F)F)n1. The van der Waals surface area contributed by atoms with E-state index in [1.807, 2.05) is 37.8 Å². The molecule has 1 fully saturated rings. The van der Waals surface area contributed by atoms with Crippen LogP contribution in [0.2, 0.25) is 0 Å². The molecule has 11 heteroatoms. The van der Waals surface area contributed by atoms with Gasteiger partial charge in [-0.2, -0.15) is 18.3 Å². The molecular weight excluding hydrogens is 377 g/mol. The summed E-state index contributed by atoms with van der Waals surface area (Å²) in [6.45, 7) is 6.57. The summed E-state index contributed by atoms with van der Waals surface area (Å²) in [5.74, 6) is 0.510. The highest BCUT2D eigenvalue weighted by atomic mass is 19.4. The maximum absolute atomic E-state index is 11.8. The van der Waals surface area contributed by atoms with E-state index < -0.39 is 24.1 Å². The quantitative estimate of drug-likeness (QED) is 0.661. The third kappa shape index (κ3) is 6.57. The summed E-state index contributed by atoms with van der Waals surface area (Å²) in [6, 6.07) is 3.53. The van der Waals surface area contributed by atoms with Crippen molar-refractivity contribution in [1.82, 2.24) is 20.2 Å². The molecule has 1 aliphatic heterocycles. The number of hydrogen-bond acceptors (Lipinski definition) is 8. The Morgan fingerprint density at radius 1 is 1.21 bits per heavy atom. The van der Waals surface area contributed by atoms with Crippen LogP contribution < -0.4 is 10.6 Å². The monoisotopic (exact) mass is 402 g/mol. The molecule has 2 aromatic rings. The number of aliphatic hydroxyl groups excluding tert-OH is 2. The normalized spacial score (nSPS) is 21.7. The van der Waals surface area contributed by atoms with Crippen molar-refractivity contribution in [2.75, 3.05) is 17.2 Å². The van der Waals surface area contributed by atoms with E-state index in [-0.39, 0.29) is 11.9 Å². The first-order valence-electron chi connectivity index (χ1n) is 8.75. The standard InChI is InChI=1S/C10H15N3O2.C5H4F3N3.C2H6/c1-7-10(15)8(14)4-6-13(7)9-3-2-5-11-12-9;6-5(7,8)3-1-10-2-4(9)11-3;1-2/h2-3,5,7-8,10,14-15H,4,6H2,1H3;1-2H,(H2,9,11);1-2H3. The van der Waals surface area contributed by atoms with Gasteiger partial charge in [-0.3, -0.25) is 4.98 Å². The molecule has 3 unspecified atom stereocenters. The van der Waals surface area contributed by atoms with Gasteiger partial charge in [0.15, 0.2) is 11.5 Å². The number of hydrogen-bond donors (Lipinski definition) is 3. The Labute approximate surface area is 161 Å².